The van der Waals surface area contributed by atoms with Gasteiger partial charge < -0.3 is 9.84 Å². The van der Waals surface area contributed by atoms with Gasteiger partial charge in [0.2, 0.25) is 0 Å². The molecule has 1 aromatic carbocycles. The molecular weight excluding hydrogens is 382 g/mol. The van der Waals surface area contributed by atoms with Crippen LogP contribution in [0.25, 0.3) is 10.8 Å². The van der Waals surface area contributed by atoms with Crippen molar-refractivity contribution >= 4 is 10.8 Å². The summed E-state index contributed by atoms with van der Waals surface area (Å²) < 4.78 is 7.18. The van der Waals surface area contributed by atoms with Gasteiger partial charge in [-0.15, -0.1) is 0 Å². The van der Waals surface area contributed by atoms with Crippen LogP contribution in [0.3, 0.4) is 0 Å². The number of aliphatic hydroxyl groups excluding tert-OH is 1. The molecule has 1 N–H and O–H groups in total. The van der Waals surface area contributed by atoms with Gasteiger partial charge in [-0.25, -0.2) is 0 Å². The van der Waals surface area contributed by atoms with Crippen molar-refractivity contribution in [1.29, 1.82) is 0 Å². The van der Waals surface area contributed by atoms with Crippen molar-refractivity contribution in [3.05, 3.63) is 65.5 Å². The normalized spacial score (nSPS) is 43.1. The van der Waals surface area contributed by atoms with E-state index in [1.807, 2.05) is 12.4 Å². The fourth-order valence-corrected chi connectivity index (χ4v) is 8.25. The van der Waals surface area contributed by atoms with Crippen LogP contribution in [0.15, 0.2) is 60.0 Å². The molecule has 160 valence electrons. The van der Waals surface area contributed by atoms with E-state index in [0.29, 0.717) is 11.8 Å². The predicted octanol–water partition coefficient (Wildman–Crippen LogP) is 5.84. The van der Waals surface area contributed by atoms with E-state index in [9.17, 15) is 5.11 Å². The second-order valence-corrected chi connectivity index (χ2v) is 11.1. The van der Waals surface area contributed by atoms with Crippen LogP contribution < -0.4 is 0 Å². The quantitative estimate of drug-likeness (QED) is 0.639. The molecule has 31 heavy (non-hydrogen) atoms. The van der Waals surface area contributed by atoms with Gasteiger partial charge in [0.1, 0.15) is 0 Å². The monoisotopic (exact) mass is 413 g/mol. The SMILES string of the molecule is CC12CC=C3C=C4CCC(O)C[C@]45CC[C@]3(O5)[C@@H]1CC[C@@H]2c1ccc2ccncc2c1. The molecule has 2 bridgehead atoms. The number of rotatable bonds is 1. The van der Waals surface area contributed by atoms with Crippen LogP contribution in [0.2, 0.25) is 0 Å². The van der Waals surface area contributed by atoms with Crippen molar-refractivity contribution in [2.24, 2.45) is 11.3 Å². The molecule has 3 aliphatic carbocycles. The van der Waals surface area contributed by atoms with E-state index < -0.39 is 0 Å². The lowest BCUT2D eigenvalue weighted by molar-refractivity contribution is -0.144. The number of ether oxygens (including phenoxy) is 1. The molecule has 0 radical (unpaired) electrons. The van der Waals surface area contributed by atoms with E-state index in [4.69, 9.17) is 4.74 Å². The Morgan fingerprint density at radius 1 is 1.10 bits per heavy atom. The van der Waals surface area contributed by atoms with Crippen LogP contribution >= 0.6 is 0 Å². The lowest BCUT2D eigenvalue weighted by Crippen LogP contribution is -2.54. The first-order valence-electron chi connectivity index (χ1n) is 12.2. The van der Waals surface area contributed by atoms with Crippen molar-refractivity contribution in [2.45, 2.75) is 81.5 Å². The van der Waals surface area contributed by atoms with E-state index in [0.717, 1.165) is 38.5 Å². The number of pyridine rings is 1. The lowest BCUT2D eigenvalue weighted by Gasteiger charge is -2.54. The van der Waals surface area contributed by atoms with Gasteiger partial charge in [-0.3, -0.25) is 4.98 Å². The third-order valence-corrected chi connectivity index (χ3v) is 9.72. The van der Waals surface area contributed by atoms with Gasteiger partial charge in [0, 0.05) is 24.2 Å². The molecule has 1 aromatic heterocycles. The molecular formula is C28H31NO2. The highest BCUT2D eigenvalue weighted by molar-refractivity contribution is 5.82. The summed E-state index contributed by atoms with van der Waals surface area (Å²) in [7, 11) is 0. The number of hydrogen-bond acceptors (Lipinski definition) is 3. The minimum Gasteiger partial charge on any atom is -0.393 e. The number of nitrogens with zero attached hydrogens (tertiary/aromatic N) is 1. The van der Waals surface area contributed by atoms with Gasteiger partial charge in [-0.2, -0.15) is 0 Å². The molecule has 2 unspecified atom stereocenters. The smallest absolute Gasteiger partial charge is 0.0974 e. The molecule has 5 aliphatic rings. The van der Waals surface area contributed by atoms with E-state index in [1.54, 1.807) is 0 Å². The van der Waals surface area contributed by atoms with Crippen LogP contribution in [-0.2, 0) is 4.74 Å². The minimum atomic E-state index is -0.213. The van der Waals surface area contributed by atoms with E-state index in [-0.39, 0.29) is 22.7 Å². The Morgan fingerprint density at radius 3 is 2.97 bits per heavy atom. The lowest BCUT2D eigenvalue weighted by atomic mass is 9.58. The maximum Gasteiger partial charge on any atom is 0.0974 e. The second-order valence-electron chi connectivity index (χ2n) is 11.1. The number of aromatic nitrogens is 1. The topological polar surface area (TPSA) is 42.4 Å². The molecule has 0 amide bonds. The summed E-state index contributed by atoms with van der Waals surface area (Å²) in [6.07, 6.45) is 17.1. The molecule has 2 aliphatic heterocycles. The number of hydrogen-bond donors (Lipinski definition) is 1. The van der Waals surface area contributed by atoms with Crippen molar-refractivity contribution < 1.29 is 9.84 Å². The first-order chi connectivity index (χ1) is 15.0. The highest BCUT2D eigenvalue weighted by Gasteiger charge is 2.66. The molecule has 3 heterocycles. The van der Waals surface area contributed by atoms with E-state index in [2.05, 4.69) is 48.3 Å². The number of benzene rings is 1. The average molecular weight is 414 g/mol. The molecule has 6 atom stereocenters. The molecule has 2 spiro atoms. The van der Waals surface area contributed by atoms with Gasteiger partial charge in [-0.05, 0) is 96.4 Å². The van der Waals surface area contributed by atoms with Crippen LogP contribution in [0, 0.1) is 11.3 Å². The Kier molecular flexibility index (Phi) is 3.65. The van der Waals surface area contributed by atoms with Gasteiger partial charge in [0.05, 0.1) is 17.3 Å². The summed E-state index contributed by atoms with van der Waals surface area (Å²) in [5.41, 5.74) is 4.26. The maximum atomic E-state index is 10.4. The highest BCUT2D eigenvalue weighted by atomic mass is 16.5. The predicted molar refractivity (Wildman–Crippen MR) is 122 cm³/mol. The molecule has 2 aromatic rings. The van der Waals surface area contributed by atoms with Crippen molar-refractivity contribution in [3.8, 4) is 0 Å². The van der Waals surface area contributed by atoms with Crippen molar-refractivity contribution in [1.82, 2.24) is 4.98 Å². The molecule has 3 fully saturated rings. The zero-order chi connectivity index (χ0) is 20.8. The first-order valence-corrected chi connectivity index (χ1v) is 12.2. The fourth-order valence-electron chi connectivity index (χ4n) is 8.25. The zero-order valence-electron chi connectivity index (χ0n) is 18.3. The Balaban J connectivity index is 1.31. The van der Waals surface area contributed by atoms with Gasteiger partial charge in [0.15, 0.2) is 0 Å². The molecule has 1 saturated heterocycles. The summed E-state index contributed by atoms with van der Waals surface area (Å²) in [4.78, 5) is 4.35. The van der Waals surface area contributed by atoms with Gasteiger partial charge >= 0.3 is 0 Å². The van der Waals surface area contributed by atoms with Crippen molar-refractivity contribution in [3.63, 3.8) is 0 Å². The minimum absolute atomic E-state index is 0.138. The summed E-state index contributed by atoms with van der Waals surface area (Å²) in [5.74, 6) is 1.10. The van der Waals surface area contributed by atoms with E-state index >= 15 is 0 Å². The first kappa shape index (κ1) is 18.6. The average Bonchev–Trinajstić information content (AvgIpc) is 3.28. The Bertz CT molecular complexity index is 1150. The standard InChI is InChI=1S/C28H31NO2/c1-26-10-8-22-15-21-4-5-23(30)16-27(21)11-12-28(22,31-27)25(26)7-6-24(26)19-3-2-18-9-13-29-17-20(18)14-19/h2-3,8-9,13-15,17,23-25,30H,4-7,10-12,16H2,1H3/t23?,24-,25-,26?,27-,28-/m1/s1. The van der Waals surface area contributed by atoms with Crippen LogP contribution in [0.4, 0.5) is 0 Å². The summed E-state index contributed by atoms with van der Waals surface area (Å²) in [6, 6.07) is 9.10. The zero-order valence-corrected chi connectivity index (χ0v) is 18.3. The molecule has 3 heteroatoms. The Labute approximate surface area is 184 Å². The van der Waals surface area contributed by atoms with Crippen molar-refractivity contribution in [2.75, 3.05) is 0 Å². The third kappa shape index (κ3) is 2.34. The fraction of sp³-hybridized carbons (Fsp3) is 0.536. The molecule has 7 rings (SSSR count). The summed E-state index contributed by atoms with van der Waals surface area (Å²) >= 11 is 0. The van der Waals surface area contributed by atoms with Crippen LogP contribution in [0.1, 0.15) is 69.8 Å². The largest absolute Gasteiger partial charge is 0.393 e. The number of allylic oxidation sites excluding steroid dienone is 1. The number of fused-ring (bicyclic) bond motifs is 2. The molecule has 3 nitrogen and oxygen atoms in total. The third-order valence-electron chi connectivity index (χ3n) is 9.72. The van der Waals surface area contributed by atoms with Crippen LogP contribution in [-0.4, -0.2) is 27.4 Å². The maximum absolute atomic E-state index is 10.4. The Hall–Kier alpha value is -1.97. The summed E-state index contributed by atoms with van der Waals surface area (Å²) in [6.45, 7) is 2.52. The summed E-state index contributed by atoms with van der Waals surface area (Å²) in [5, 5.41) is 13.0. The van der Waals surface area contributed by atoms with E-state index in [1.165, 1.54) is 40.3 Å². The Morgan fingerprint density at radius 2 is 2.03 bits per heavy atom. The second kappa shape index (κ2) is 6.08. The van der Waals surface area contributed by atoms with Crippen LogP contribution in [0.5, 0.6) is 0 Å². The van der Waals surface area contributed by atoms with Gasteiger partial charge in [0.25, 0.3) is 0 Å². The number of aliphatic hydroxyl groups is 1. The highest BCUT2D eigenvalue weighted by Crippen LogP contribution is 2.69. The molecule has 2 saturated carbocycles. The van der Waals surface area contributed by atoms with Gasteiger partial charge in [-0.1, -0.05) is 31.2 Å².